The summed E-state index contributed by atoms with van der Waals surface area (Å²) in [4.78, 5) is 30.6. The van der Waals surface area contributed by atoms with E-state index in [0.29, 0.717) is 19.1 Å². The molecule has 4 aliphatic rings. The molecule has 1 N–H and O–H groups in total. The minimum absolute atomic E-state index is 0.0257. The van der Waals surface area contributed by atoms with E-state index < -0.39 is 6.09 Å². The third kappa shape index (κ3) is 3.74. The Kier molecular flexibility index (Phi) is 5.56. The van der Waals surface area contributed by atoms with Gasteiger partial charge in [0.25, 0.3) is 0 Å². The number of ether oxygens (including phenoxy) is 1. The number of amides is 2. The molecule has 2 unspecified atom stereocenters. The third-order valence-corrected chi connectivity index (χ3v) is 8.24. The molecule has 0 aliphatic carbocycles. The minimum atomic E-state index is -0.749. The molecule has 2 bridgehead atoms. The second-order valence-electron chi connectivity index (χ2n) is 10.5. The summed E-state index contributed by atoms with van der Waals surface area (Å²) in [6, 6.07) is 9.42. The lowest BCUT2D eigenvalue weighted by Crippen LogP contribution is -2.57. The molecule has 1 aromatic carbocycles. The van der Waals surface area contributed by atoms with Crippen molar-refractivity contribution >= 4 is 12.2 Å². The fourth-order valence-electron chi connectivity index (χ4n) is 6.80. The molecule has 1 aromatic rings. The van der Waals surface area contributed by atoms with Gasteiger partial charge in [0.05, 0.1) is 6.10 Å². The van der Waals surface area contributed by atoms with Gasteiger partial charge in [0.2, 0.25) is 0 Å². The van der Waals surface area contributed by atoms with Crippen LogP contribution in [0.3, 0.4) is 0 Å². The maximum atomic E-state index is 12.8. The molecule has 4 heterocycles. The van der Waals surface area contributed by atoms with E-state index >= 15 is 0 Å². The molecule has 2 atom stereocenters. The molecule has 0 aromatic heterocycles. The molecule has 1 spiro atoms. The zero-order valence-corrected chi connectivity index (χ0v) is 19.2. The fourth-order valence-corrected chi connectivity index (χ4v) is 6.80. The highest BCUT2D eigenvalue weighted by Crippen LogP contribution is 2.44. The zero-order chi connectivity index (χ0) is 22.5. The first kappa shape index (κ1) is 21.6. The molecule has 3 fully saturated rings. The van der Waals surface area contributed by atoms with Gasteiger partial charge in [-0.3, -0.25) is 0 Å². The van der Waals surface area contributed by atoms with E-state index in [4.69, 9.17) is 4.74 Å². The van der Waals surface area contributed by atoms with Crippen molar-refractivity contribution in [3.05, 3.63) is 35.4 Å². The number of hydrogen-bond acceptors (Lipinski definition) is 4. The van der Waals surface area contributed by atoms with Crippen LogP contribution in [0, 0.1) is 0 Å². The third-order valence-electron chi connectivity index (χ3n) is 8.24. The van der Waals surface area contributed by atoms with Crippen LogP contribution < -0.4 is 0 Å². The lowest BCUT2D eigenvalue weighted by molar-refractivity contribution is 0.0212. The second-order valence-corrected chi connectivity index (χ2v) is 10.5. The van der Waals surface area contributed by atoms with Gasteiger partial charge in [-0.2, -0.15) is 0 Å². The smallest absolute Gasteiger partial charge is 0.410 e. The average molecular weight is 442 g/mol. The Hall–Kier alpha value is -2.28. The molecular formula is C25H35N3O4. The minimum Gasteiger partial charge on any atom is -0.465 e. The molecule has 4 aliphatic heterocycles. The molecule has 5 rings (SSSR count). The number of carboxylic acid groups (broad SMARTS) is 1. The molecular weight excluding hydrogens is 406 g/mol. The Balaban J connectivity index is 1.30. The fraction of sp³-hybridized carbons (Fsp3) is 0.680. The summed E-state index contributed by atoms with van der Waals surface area (Å²) in [7, 11) is 0. The highest BCUT2D eigenvalue weighted by Gasteiger charge is 2.48. The maximum absolute atomic E-state index is 12.8. The van der Waals surface area contributed by atoms with Crippen molar-refractivity contribution in [1.82, 2.24) is 14.7 Å². The number of carbonyl (C=O) groups is 2. The molecule has 32 heavy (non-hydrogen) atoms. The summed E-state index contributed by atoms with van der Waals surface area (Å²) in [6.07, 6.45) is 4.88. The van der Waals surface area contributed by atoms with Crippen LogP contribution in [-0.4, -0.2) is 75.9 Å². The Morgan fingerprint density at radius 3 is 2.34 bits per heavy atom. The molecule has 0 saturated carbocycles. The van der Waals surface area contributed by atoms with Crippen LogP contribution in [0.5, 0.6) is 0 Å². The van der Waals surface area contributed by atoms with Gasteiger partial charge < -0.3 is 24.5 Å². The van der Waals surface area contributed by atoms with Gasteiger partial charge in [0.15, 0.2) is 0 Å². The summed E-state index contributed by atoms with van der Waals surface area (Å²) < 4.78 is 5.54. The molecule has 0 radical (unpaired) electrons. The van der Waals surface area contributed by atoms with Crippen LogP contribution in [0.4, 0.5) is 9.59 Å². The monoisotopic (exact) mass is 441 g/mol. The van der Waals surface area contributed by atoms with Gasteiger partial charge in [0.1, 0.15) is 0 Å². The number of carbonyl (C=O) groups excluding carboxylic acids is 1. The van der Waals surface area contributed by atoms with E-state index in [1.54, 1.807) is 4.90 Å². The predicted octanol–water partition coefficient (Wildman–Crippen LogP) is 4.05. The number of fused-ring (bicyclic) bond motifs is 4. The maximum Gasteiger partial charge on any atom is 0.410 e. The Morgan fingerprint density at radius 1 is 1.06 bits per heavy atom. The highest BCUT2D eigenvalue weighted by atomic mass is 16.6. The number of rotatable bonds is 2. The predicted molar refractivity (Wildman–Crippen MR) is 121 cm³/mol. The number of nitrogens with zero attached hydrogens (tertiary/aromatic N) is 3. The second kappa shape index (κ2) is 8.25. The first-order chi connectivity index (χ1) is 15.4. The number of benzene rings is 1. The summed E-state index contributed by atoms with van der Waals surface area (Å²) in [5.41, 5.74) is 2.61. The first-order valence-corrected chi connectivity index (χ1v) is 12.2. The van der Waals surface area contributed by atoms with Crippen molar-refractivity contribution in [3.63, 3.8) is 0 Å². The van der Waals surface area contributed by atoms with E-state index in [1.807, 2.05) is 18.7 Å². The van der Waals surface area contributed by atoms with Crippen molar-refractivity contribution in [2.45, 2.75) is 88.6 Å². The van der Waals surface area contributed by atoms with Gasteiger partial charge in [-0.1, -0.05) is 24.3 Å². The summed E-state index contributed by atoms with van der Waals surface area (Å²) in [5, 5.41) is 9.57. The van der Waals surface area contributed by atoms with Crippen molar-refractivity contribution in [2.75, 3.05) is 19.6 Å². The number of piperidine rings is 2. The van der Waals surface area contributed by atoms with Gasteiger partial charge in [0, 0.05) is 36.6 Å². The van der Waals surface area contributed by atoms with Crippen molar-refractivity contribution in [1.29, 1.82) is 0 Å². The van der Waals surface area contributed by atoms with Gasteiger partial charge in [-0.25, -0.2) is 9.59 Å². The topological polar surface area (TPSA) is 73.3 Å². The number of hydrogen-bond donors (Lipinski definition) is 1. The average Bonchev–Trinajstić information content (AvgIpc) is 3.04. The quantitative estimate of drug-likeness (QED) is 0.749. The molecule has 2 amide bonds. The molecule has 7 nitrogen and oxygen atoms in total. The van der Waals surface area contributed by atoms with Gasteiger partial charge in [-0.05, 0) is 76.6 Å². The van der Waals surface area contributed by atoms with Gasteiger partial charge >= 0.3 is 12.2 Å². The normalized spacial score (nSPS) is 29.3. The number of likely N-dealkylation sites (tertiary alicyclic amines) is 1. The van der Waals surface area contributed by atoms with Crippen LogP contribution in [0.1, 0.15) is 63.5 Å². The van der Waals surface area contributed by atoms with E-state index in [-0.39, 0.29) is 29.7 Å². The standard InChI is InChI=1S/C25H35N3O4/c1-17(2)32-24(31)27-15-18-5-3-4-6-22(18)25(16-27)9-11-26(12-10-25)21-13-19-7-8-20(14-21)28(19)23(29)30/h3-6,17,19-21H,7-16H2,1-2H3,(H,29,30). The van der Waals surface area contributed by atoms with E-state index in [2.05, 4.69) is 29.2 Å². The van der Waals surface area contributed by atoms with E-state index in [1.165, 1.54) is 11.1 Å². The van der Waals surface area contributed by atoms with Crippen LogP contribution in [0.2, 0.25) is 0 Å². The van der Waals surface area contributed by atoms with E-state index in [0.717, 1.165) is 51.6 Å². The van der Waals surface area contributed by atoms with E-state index in [9.17, 15) is 14.7 Å². The van der Waals surface area contributed by atoms with Crippen LogP contribution in [0.25, 0.3) is 0 Å². The van der Waals surface area contributed by atoms with Crippen LogP contribution in [0.15, 0.2) is 24.3 Å². The van der Waals surface area contributed by atoms with Crippen molar-refractivity contribution in [2.24, 2.45) is 0 Å². The zero-order valence-electron chi connectivity index (χ0n) is 19.2. The van der Waals surface area contributed by atoms with Crippen LogP contribution in [-0.2, 0) is 16.7 Å². The highest BCUT2D eigenvalue weighted by molar-refractivity contribution is 5.69. The Bertz CT molecular complexity index is 866. The SMILES string of the molecule is CC(C)OC(=O)N1Cc2ccccc2C2(CCN(C3CC4CCC(C3)N4C(=O)O)CC2)C1. The molecule has 174 valence electrons. The van der Waals surface area contributed by atoms with Gasteiger partial charge in [-0.15, -0.1) is 0 Å². The van der Waals surface area contributed by atoms with Crippen LogP contribution >= 0.6 is 0 Å². The van der Waals surface area contributed by atoms with Crippen molar-refractivity contribution < 1.29 is 19.4 Å². The van der Waals surface area contributed by atoms with Crippen molar-refractivity contribution in [3.8, 4) is 0 Å². The summed E-state index contributed by atoms with van der Waals surface area (Å²) in [5.74, 6) is 0. The lowest BCUT2D eigenvalue weighted by atomic mass is 9.68. The largest absolute Gasteiger partial charge is 0.465 e. The molecule has 7 heteroatoms. The summed E-state index contributed by atoms with van der Waals surface area (Å²) >= 11 is 0. The molecule has 3 saturated heterocycles. The Morgan fingerprint density at radius 2 is 1.72 bits per heavy atom. The summed E-state index contributed by atoms with van der Waals surface area (Å²) in [6.45, 7) is 7.12. The lowest BCUT2D eigenvalue weighted by Gasteiger charge is -2.51. The first-order valence-electron chi connectivity index (χ1n) is 12.2. The Labute approximate surface area is 190 Å².